The molecular weight excluding hydrogens is 308 g/mol. The first-order valence-corrected chi connectivity index (χ1v) is 7.78. The molecule has 0 radical (unpaired) electrons. The number of nitrogens with zero attached hydrogens (tertiary/aromatic N) is 3. The van der Waals surface area contributed by atoms with Crippen molar-refractivity contribution in [2.45, 2.75) is 32.9 Å². The summed E-state index contributed by atoms with van der Waals surface area (Å²) in [5.41, 5.74) is 1.30. The molecule has 1 heterocycles. The fourth-order valence-corrected chi connectivity index (χ4v) is 2.21. The minimum absolute atomic E-state index is 0.0706. The van der Waals surface area contributed by atoms with Gasteiger partial charge in [0.2, 0.25) is 5.91 Å². The van der Waals surface area contributed by atoms with E-state index in [2.05, 4.69) is 10.3 Å². The number of benzene rings is 1. The third kappa shape index (κ3) is 4.47. The van der Waals surface area contributed by atoms with E-state index in [1.165, 1.54) is 11.9 Å². The summed E-state index contributed by atoms with van der Waals surface area (Å²) in [5.74, 6) is 0.486. The highest BCUT2D eigenvalue weighted by Crippen LogP contribution is 2.14. The molecule has 130 valence electrons. The van der Waals surface area contributed by atoms with Gasteiger partial charge < -0.3 is 19.5 Å². The fourth-order valence-electron chi connectivity index (χ4n) is 2.21. The molecule has 0 saturated carbocycles. The Labute approximate surface area is 141 Å². The van der Waals surface area contributed by atoms with Gasteiger partial charge in [-0.1, -0.05) is 12.1 Å². The summed E-state index contributed by atoms with van der Waals surface area (Å²) in [7, 11) is 3.44. The summed E-state index contributed by atoms with van der Waals surface area (Å²) in [5, 5.41) is 2.78. The lowest BCUT2D eigenvalue weighted by Gasteiger charge is -2.24. The molecule has 0 aliphatic rings. The van der Waals surface area contributed by atoms with Gasteiger partial charge in [-0.15, -0.1) is 0 Å². The van der Waals surface area contributed by atoms with Gasteiger partial charge in [0, 0.05) is 14.1 Å². The van der Waals surface area contributed by atoms with Crippen LogP contribution in [0.15, 0.2) is 24.3 Å². The zero-order chi connectivity index (χ0) is 17.9. The van der Waals surface area contributed by atoms with Gasteiger partial charge in [0.15, 0.2) is 0 Å². The summed E-state index contributed by atoms with van der Waals surface area (Å²) in [6.07, 6.45) is -0.527. The van der Waals surface area contributed by atoms with Gasteiger partial charge in [0.1, 0.15) is 18.0 Å². The van der Waals surface area contributed by atoms with E-state index >= 15 is 0 Å². The smallest absolute Gasteiger partial charge is 0.410 e. The van der Waals surface area contributed by atoms with Gasteiger partial charge in [-0.25, -0.2) is 9.78 Å². The Bertz CT molecular complexity index is 746. The third-order valence-electron chi connectivity index (χ3n) is 3.41. The van der Waals surface area contributed by atoms with E-state index in [-0.39, 0.29) is 12.5 Å². The molecule has 0 fully saturated rings. The zero-order valence-corrected chi connectivity index (χ0v) is 14.8. The SMILES string of the molecule is CN(CC(=O)NCc1nc2ccccc2n1C)C(=O)OC(C)(C)C. The van der Waals surface area contributed by atoms with E-state index in [1.54, 1.807) is 20.8 Å². The molecule has 0 bridgehead atoms. The molecule has 0 spiro atoms. The van der Waals surface area contributed by atoms with Gasteiger partial charge >= 0.3 is 6.09 Å². The monoisotopic (exact) mass is 332 g/mol. The first-order valence-electron chi connectivity index (χ1n) is 7.78. The van der Waals surface area contributed by atoms with E-state index in [9.17, 15) is 9.59 Å². The Morgan fingerprint density at radius 3 is 2.58 bits per heavy atom. The average molecular weight is 332 g/mol. The molecule has 0 atom stereocenters. The van der Waals surface area contributed by atoms with E-state index < -0.39 is 11.7 Å². The molecule has 1 N–H and O–H groups in total. The highest BCUT2D eigenvalue weighted by Gasteiger charge is 2.21. The van der Waals surface area contributed by atoms with E-state index in [0.29, 0.717) is 6.54 Å². The zero-order valence-electron chi connectivity index (χ0n) is 14.8. The van der Waals surface area contributed by atoms with Gasteiger partial charge in [0.05, 0.1) is 17.6 Å². The van der Waals surface area contributed by atoms with Crippen molar-refractivity contribution in [2.24, 2.45) is 7.05 Å². The maximum absolute atomic E-state index is 12.0. The second-order valence-electron chi connectivity index (χ2n) is 6.69. The number of fused-ring (bicyclic) bond motifs is 1. The lowest BCUT2D eigenvalue weighted by atomic mass is 10.2. The van der Waals surface area contributed by atoms with Crippen molar-refractivity contribution in [3.05, 3.63) is 30.1 Å². The van der Waals surface area contributed by atoms with E-state index in [4.69, 9.17) is 4.74 Å². The number of aryl methyl sites for hydroxylation is 1. The molecule has 0 unspecified atom stereocenters. The molecule has 7 nitrogen and oxygen atoms in total. The van der Waals surface area contributed by atoms with Gasteiger partial charge in [-0.05, 0) is 32.9 Å². The molecule has 7 heteroatoms. The number of nitrogens with one attached hydrogen (secondary N) is 1. The van der Waals surface area contributed by atoms with Crippen LogP contribution in [0, 0.1) is 0 Å². The summed E-state index contributed by atoms with van der Waals surface area (Å²) >= 11 is 0. The van der Waals surface area contributed by atoms with Gasteiger partial charge in [0.25, 0.3) is 0 Å². The van der Waals surface area contributed by atoms with E-state index in [1.807, 2.05) is 35.9 Å². The maximum atomic E-state index is 12.0. The summed E-state index contributed by atoms with van der Waals surface area (Å²) in [6, 6.07) is 7.77. The lowest BCUT2D eigenvalue weighted by molar-refractivity contribution is -0.122. The summed E-state index contributed by atoms with van der Waals surface area (Å²) < 4.78 is 7.15. The Kier molecular flexibility index (Phi) is 5.11. The van der Waals surface area contributed by atoms with Crippen molar-refractivity contribution in [3.8, 4) is 0 Å². The largest absolute Gasteiger partial charge is 0.444 e. The number of hydrogen-bond donors (Lipinski definition) is 1. The standard InChI is InChI=1S/C17H24N4O3/c1-17(2,3)24-16(23)20(4)11-15(22)18-10-14-19-12-8-6-7-9-13(12)21(14)5/h6-9H,10-11H2,1-5H3,(H,18,22). The maximum Gasteiger partial charge on any atom is 0.410 e. The van der Waals surface area contributed by atoms with Gasteiger partial charge in [-0.3, -0.25) is 4.79 Å². The number of para-hydroxylation sites is 2. The molecule has 2 amide bonds. The molecule has 1 aromatic carbocycles. The number of aromatic nitrogens is 2. The molecule has 24 heavy (non-hydrogen) atoms. The van der Waals surface area contributed by atoms with Crippen LogP contribution in [0.4, 0.5) is 4.79 Å². The minimum Gasteiger partial charge on any atom is -0.444 e. The van der Waals surface area contributed by atoms with Crippen LogP contribution in [0.5, 0.6) is 0 Å². The Hall–Kier alpha value is -2.57. The molecule has 2 rings (SSSR count). The average Bonchev–Trinajstić information content (AvgIpc) is 2.80. The van der Waals surface area contributed by atoms with Gasteiger partial charge in [-0.2, -0.15) is 0 Å². The van der Waals surface area contributed by atoms with Crippen LogP contribution in [-0.2, 0) is 23.1 Å². The second kappa shape index (κ2) is 6.90. The molecule has 0 saturated heterocycles. The Morgan fingerprint density at radius 2 is 1.96 bits per heavy atom. The van der Waals surface area contributed by atoms with Crippen LogP contribution in [0.1, 0.15) is 26.6 Å². The highest BCUT2D eigenvalue weighted by atomic mass is 16.6. The highest BCUT2D eigenvalue weighted by molar-refractivity contribution is 5.82. The van der Waals surface area contributed by atoms with Crippen molar-refractivity contribution < 1.29 is 14.3 Å². The van der Waals surface area contributed by atoms with Crippen LogP contribution >= 0.6 is 0 Å². The van der Waals surface area contributed by atoms with Crippen LogP contribution in [-0.4, -0.2) is 45.6 Å². The molecular formula is C17H24N4O3. The predicted molar refractivity (Wildman–Crippen MR) is 91.4 cm³/mol. The second-order valence-corrected chi connectivity index (χ2v) is 6.69. The van der Waals surface area contributed by atoms with Crippen molar-refractivity contribution in [3.63, 3.8) is 0 Å². The number of likely N-dealkylation sites (N-methyl/N-ethyl adjacent to an activating group) is 1. The first kappa shape index (κ1) is 17.8. The number of hydrogen-bond acceptors (Lipinski definition) is 4. The summed E-state index contributed by atoms with van der Waals surface area (Å²) in [6.45, 7) is 5.57. The van der Waals surface area contributed by atoms with Crippen LogP contribution in [0.3, 0.4) is 0 Å². The van der Waals surface area contributed by atoms with Crippen molar-refractivity contribution in [1.82, 2.24) is 19.8 Å². The number of ether oxygens (including phenoxy) is 1. The molecule has 2 aromatic rings. The van der Waals surface area contributed by atoms with Crippen LogP contribution in [0.25, 0.3) is 11.0 Å². The minimum atomic E-state index is -0.588. The first-order chi connectivity index (χ1) is 11.2. The number of imidazole rings is 1. The summed E-state index contributed by atoms with van der Waals surface area (Å²) in [4.78, 5) is 29.6. The van der Waals surface area contributed by atoms with Crippen LogP contribution < -0.4 is 5.32 Å². The van der Waals surface area contributed by atoms with E-state index in [0.717, 1.165) is 16.9 Å². The number of carbonyl (C=O) groups excluding carboxylic acids is 2. The van der Waals surface area contributed by atoms with Crippen LogP contribution in [0.2, 0.25) is 0 Å². The topological polar surface area (TPSA) is 76.5 Å². The lowest BCUT2D eigenvalue weighted by Crippen LogP contribution is -2.41. The molecule has 0 aliphatic heterocycles. The van der Waals surface area contributed by atoms with Crippen molar-refractivity contribution >= 4 is 23.0 Å². The quantitative estimate of drug-likeness (QED) is 0.930. The Balaban J connectivity index is 1.90. The van der Waals surface area contributed by atoms with Crippen molar-refractivity contribution in [1.29, 1.82) is 0 Å². The number of carbonyl (C=O) groups is 2. The number of rotatable bonds is 4. The molecule has 0 aliphatic carbocycles. The molecule has 1 aromatic heterocycles. The fraction of sp³-hybridized carbons (Fsp3) is 0.471. The third-order valence-corrected chi connectivity index (χ3v) is 3.41. The Morgan fingerprint density at radius 1 is 1.29 bits per heavy atom. The normalized spacial score (nSPS) is 11.4. The predicted octanol–water partition coefficient (Wildman–Crippen LogP) is 2.06. The number of amides is 2. The van der Waals surface area contributed by atoms with Crippen molar-refractivity contribution in [2.75, 3.05) is 13.6 Å².